The average molecular weight is 522 g/mol. The topological polar surface area (TPSA) is 66.9 Å². The van der Waals surface area contributed by atoms with Crippen molar-refractivity contribution in [3.63, 3.8) is 0 Å². The molecule has 4 rings (SSSR count). The van der Waals surface area contributed by atoms with Crippen molar-refractivity contribution >= 4 is 50.9 Å². The van der Waals surface area contributed by atoms with Crippen molar-refractivity contribution < 1.29 is 17.9 Å². The summed E-state index contributed by atoms with van der Waals surface area (Å²) in [5.41, 5.74) is 0.944. The van der Waals surface area contributed by atoms with E-state index in [1.807, 2.05) is 6.92 Å². The summed E-state index contributed by atoms with van der Waals surface area (Å²) in [5.74, 6) is -1.28. The Morgan fingerprint density at radius 1 is 1.09 bits per heavy atom. The van der Waals surface area contributed by atoms with Crippen molar-refractivity contribution in [1.82, 2.24) is 9.21 Å². The first-order chi connectivity index (χ1) is 15.2. The van der Waals surface area contributed by atoms with Gasteiger partial charge in [-0.15, -0.1) is 11.8 Å². The lowest BCUT2D eigenvalue weighted by Crippen LogP contribution is -2.45. The van der Waals surface area contributed by atoms with Gasteiger partial charge in [-0.25, -0.2) is 12.7 Å². The molecule has 0 bridgehead atoms. The fourth-order valence-electron chi connectivity index (χ4n) is 4.65. The van der Waals surface area contributed by atoms with Crippen LogP contribution >= 0.6 is 35.0 Å². The molecule has 0 spiro atoms. The smallest absolute Gasteiger partial charge is 0.274 e. The van der Waals surface area contributed by atoms with E-state index in [0.29, 0.717) is 32.8 Å². The Balaban J connectivity index is 1.70. The first-order valence-electron chi connectivity index (χ1n) is 11.2. The maximum atomic E-state index is 13.7. The Bertz CT molecular complexity index is 914. The van der Waals surface area contributed by atoms with Gasteiger partial charge in [-0.3, -0.25) is 9.69 Å². The highest BCUT2D eigenvalue weighted by molar-refractivity contribution is 8.01. The van der Waals surface area contributed by atoms with Crippen LogP contribution in [0.2, 0.25) is 0 Å². The minimum Gasteiger partial charge on any atom is -0.379 e. The van der Waals surface area contributed by atoms with Crippen LogP contribution in [-0.4, -0.2) is 71.3 Å². The van der Waals surface area contributed by atoms with Crippen molar-refractivity contribution in [1.29, 1.82) is 0 Å². The van der Waals surface area contributed by atoms with Crippen LogP contribution < -0.4 is 0 Å². The molecule has 1 aromatic carbocycles. The van der Waals surface area contributed by atoms with Crippen molar-refractivity contribution in [3.8, 4) is 0 Å². The lowest BCUT2D eigenvalue weighted by atomic mass is 10.0. The molecular weight excluding hydrogens is 491 g/mol. The number of amides is 1. The number of carbonyl (C=O) groups is 1. The zero-order valence-electron chi connectivity index (χ0n) is 18.2. The van der Waals surface area contributed by atoms with Crippen LogP contribution in [0.1, 0.15) is 37.7 Å². The van der Waals surface area contributed by atoms with Gasteiger partial charge in [-0.2, -0.15) is 0 Å². The minimum absolute atomic E-state index is 0.0850. The van der Waals surface area contributed by atoms with Crippen LogP contribution in [0.4, 0.5) is 0 Å². The average Bonchev–Trinajstić information content (AvgIpc) is 2.96. The quantitative estimate of drug-likeness (QED) is 0.527. The molecule has 1 aromatic rings. The van der Waals surface area contributed by atoms with Gasteiger partial charge in [-0.1, -0.05) is 60.2 Å². The molecule has 3 aliphatic rings. The summed E-state index contributed by atoms with van der Waals surface area (Å²) in [7, 11) is -4.10. The van der Waals surface area contributed by atoms with Crippen LogP contribution in [0.25, 0.3) is 0 Å². The fraction of sp³-hybridized carbons (Fsp3) is 0.682. The van der Waals surface area contributed by atoms with E-state index in [1.54, 1.807) is 36.0 Å². The number of benzene rings is 1. The number of halogens is 2. The van der Waals surface area contributed by atoms with Gasteiger partial charge in [0.15, 0.2) is 0 Å². The molecule has 0 unspecified atom stereocenters. The Morgan fingerprint density at radius 2 is 1.72 bits per heavy atom. The van der Waals surface area contributed by atoms with Gasteiger partial charge in [0.05, 0.1) is 18.1 Å². The number of aryl methyl sites for hydroxylation is 1. The number of carbonyl (C=O) groups excluding carboxylic acids is 1. The van der Waals surface area contributed by atoms with E-state index in [2.05, 4.69) is 4.90 Å². The summed E-state index contributed by atoms with van der Waals surface area (Å²) >= 11 is 14.9. The maximum Gasteiger partial charge on any atom is 0.274 e. The number of rotatable bonds is 6. The number of sulfonamides is 1. The molecule has 178 valence electrons. The predicted molar refractivity (Wildman–Crippen MR) is 129 cm³/mol. The molecule has 10 heteroatoms. The third-order valence-electron chi connectivity index (χ3n) is 6.55. The standard InChI is InChI=1S/C22H30Cl2N2O4S2/c1-16-7-9-18(10-8-16)32(28,29)26-20(31-17-5-3-2-4-6-17)19(22(23,24)21(26)27)15-25-11-13-30-14-12-25/h7-10,17,19-20H,2-6,11-15H2,1H3/t19-,20-/m1/s1. The third kappa shape index (κ3) is 4.96. The van der Waals surface area contributed by atoms with Gasteiger partial charge in [0.25, 0.3) is 15.9 Å². The lowest BCUT2D eigenvalue weighted by molar-refractivity contribution is -0.124. The van der Waals surface area contributed by atoms with Crippen LogP contribution in [-0.2, 0) is 19.6 Å². The molecule has 6 nitrogen and oxygen atoms in total. The molecule has 0 N–H and O–H groups in total. The van der Waals surface area contributed by atoms with Crippen LogP contribution in [0.15, 0.2) is 29.2 Å². The molecule has 1 amide bonds. The number of hydrogen-bond donors (Lipinski definition) is 0. The maximum absolute atomic E-state index is 13.7. The van der Waals surface area contributed by atoms with Crippen molar-refractivity contribution in [2.75, 3.05) is 32.8 Å². The van der Waals surface area contributed by atoms with Crippen LogP contribution in [0, 0.1) is 12.8 Å². The molecule has 0 aromatic heterocycles. The second kappa shape index (κ2) is 10.0. The van der Waals surface area contributed by atoms with Crippen LogP contribution in [0.3, 0.4) is 0 Å². The zero-order chi connectivity index (χ0) is 22.9. The number of alkyl halides is 2. The molecule has 2 aliphatic heterocycles. The Labute approximate surface area is 205 Å². The highest BCUT2D eigenvalue weighted by Gasteiger charge is 2.62. The van der Waals surface area contributed by atoms with E-state index < -0.39 is 31.6 Å². The van der Waals surface area contributed by atoms with Crippen molar-refractivity contribution in [3.05, 3.63) is 29.8 Å². The van der Waals surface area contributed by atoms with Gasteiger partial charge in [-0.05, 0) is 31.9 Å². The molecular formula is C22H30Cl2N2O4S2. The second-order valence-electron chi connectivity index (χ2n) is 8.85. The summed E-state index contributed by atoms with van der Waals surface area (Å²) < 4.78 is 32.0. The minimum atomic E-state index is -4.10. The number of nitrogens with zero attached hydrogens (tertiary/aromatic N) is 2. The molecule has 2 saturated heterocycles. The molecule has 0 radical (unpaired) electrons. The first-order valence-corrected chi connectivity index (χ1v) is 14.3. The molecule has 3 fully saturated rings. The Morgan fingerprint density at radius 3 is 2.34 bits per heavy atom. The summed E-state index contributed by atoms with van der Waals surface area (Å²) in [4.78, 5) is 15.7. The Hall–Kier alpha value is -0.510. The van der Waals surface area contributed by atoms with Crippen molar-refractivity contribution in [2.45, 2.75) is 58.9 Å². The summed E-state index contributed by atoms with van der Waals surface area (Å²) in [6, 6.07) is 6.55. The van der Waals surface area contributed by atoms with Gasteiger partial charge >= 0.3 is 0 Å². The Kier molecular flexibility index (Phi) is 7.69. The highest BCUT2D eigenvalue weighted by atomic mass is 35.5. The summed E-state index contributed by atoms with van der Waals surface area (Å²) in [5, 5.41) is -0.360. The van der Waals surface area contributed by atoms with Gasteiger partial charge in [0, 0.05) is 30.8 Å². The number of morpholine rings is 1. The molecule has 32 heavy (non-hydrogen) atoms. The highest BCUT2D eigenvalue weighted by Crippen LogP contribution is 2.51. The third-order valence-corrected chi connectivity index (χ3v) is 11.0. The van der Waals surface area contributed by atoms with E-state index in [4.69, 9.17) is 27.9 Å². The van der Waals surface area contributed by atoms with Crippen molar-refractivity contribution in [2.24, 2.45) is 5.92 Å². The van der Waals surface area contributed by atoms with E-state index in [-0.39, 0.29) is 10.1 Å². The number of thioether (sulfide) groups is 1. The van der Waals surface area contributed by atoms with Gasteiger partial charge in [0.1, 0.15) is 5.37 Å². The lowest BCUT2D eigenvalue weighted by Gasteiger charge is -2.35. The molecule has 1 saturated carbocycles. The summed E-state index contributed by atoms with van der Waals surface area (Å²) in [6.07, 6.45) is 5.44. The normalized spacial score (nSPS) is 27.7. The largest absolute Gasteiger partial charge is 0.379 e. The molecule has 2 atom stereocenters. The summed E-state index contributed by atoms with van der Waals surface area (Å²) in [6.45, 7) is 4.96. The van der Waals surface area contributed by atoms with E-state index in [1.165, 1.54) is 6.42 Å². The SMILES string of the molecule is Cc1ccc(S(=O)(=O)N2C(=O)C(Cl)(Cl)[C@H](CN3CCOCC3)[C@H]2SC2CCCCC2)cc1. The van der Waals surface area contributed by atoms with Gasteiger partial charge in [0.2, 0.25) is 4.33 Å². The first kappa shape index (κ1) is 24.6. The molecule has 1 aliphatic carbocycles. The van der Waals surface area contributed by atoms with Gasteiger partial charge < -0.3 is 4.74 Å². The zero-order valence-corrected chi connectivity index (χ0v) is 21.4. The van der Waals surface area contributed by atoms with E-state index in [0.717, 1.165) is 35.6 Å². The van der Waals surface area contributed by atoms with E-state index >= 15 is 0 Å². The number of hydrogen-bond acceptors (Lipinski definition) is 6. The molecule has 2 heterocycles. The predicted octanol–water partition coefficient (Wildman–Crippen LogP) is 4.04. The van der Waals surface area contributed by atoms with Crippen LogP contribution in [0.5, 0.6) is 0 Å². The second-order valence-corrected chi connectivity index (χ2v) is 13.5. The monoisotopic (exact) mass is 520 g/mol. The number of ether oxygens (including phenoxy) is 1. The van der Waals surface area contributed by atoms with E-state index in [9.17, 15) is 13.2 Å². The fourth-order valence-corrected chi connectivity index (χ4v) is 9.12.